The normalized spacial score (nSPS) is 42.2. The lowest BCUT2D eigenvalue weighted by Gasteiger charge is -2.42. The molecule has 0 saturated carbocycles. The van der Waals surface area contributed by atoms with Crippen LogP contribution in [-0.2, 0) is 9.47 Å². The van der Waals surface area contributed by atoms with Crippen LogP contribution >= 0.6 is 0 Å². The monoisotopic (exact) mass is 218 g/mol. The number of aliphatic hydroxyl groups excluding tert-OH is 2. The Morgan fingerprint density at radius 1 is 1.33 bits per heavy atom. The predicted molar refractivity (Wildman–Crippen MR) is 56.6 cm³/mol. The summed E-state index contributed by atoms with van der Waals surface area (Å²) >= 11 is 0. The van der Waals surface area contributed by atoms with Crippen LogP contribution in [0.4, 0.5) is 0 Å². The molecule has 90 valence electrons. The number of ether oxygens (including phenoxy) is 2. The number of hydrogen-bond donors (Lipinski definition) is 2. The van der Waals surface area contributed by atoms with E-state index in [1.54, 1.807) is 0 Å². The van der Waals surface area contributed by atoms with Crippen molar-refractivity contribution in [2.24, 2.45) is 5.92 Å². The molecule has 0 aromatic carbocycles. The molecule has 0 bridgehead atoms. The summed E-state index contributed by atoms with van der Waals surface area (Å²) in [6.45, 7) is 7.53. The van der Waals surface area contributed by atoms with Crippen LogP contribution in [0.25, 0.3) is 0 Å². The third-order valence-corrected chi connectivity index (χ3v) is 2.98. The summed E-state index contributed by atoms with van der Waals surface area (Å²) in [5.74, 6) is 0.0246. The van der Waals surface area contributed by atoms with Gasteiger partial charge in [0.2, 0.25) is 0 Å². The molecular formula is C11H22O4. The first-order valence-corrected chi connectivity index (χ1v) is 5.57. The maximum atomic E-state index is 10.0. The van der Waals surface area contributed by atoms with Crippen LogP contribution in [0, 0.1) is 5.92 Å². The molecule has 1 saturated heterocycles. The Labute approximate surface area is 91.2 Å². The van der Waals surface area contributed by atoms with E-state index in [1.807, 2.05) is 27.7 Å². The van der Waals surface area contributed by atoms with Gasteiger partial charge in [0.05, 0.1) is 24.9 Å². The van der Waals surface area contributed by atoms with Gasteiger partial charge in [-0.2, -0.15) is 0 Å². The largest absolute Gasteiger partial charge is 0.394 e. The highest BCUT2D eigenvalue weighted by Gasteiger charge is 2.41. The van der Waals surface area contributed by atoms with Crippen molar-refractivity contribution in [2.45, 2.75) is 58.2 Å². The van der Waals surface area contributed by atoms with Crippen molar-refractivity contribution >= 4 is 0 Å². The number of rotatable bonds is 3. The molecule has 2 unspecified atom stereocenters. The van der Waals surface area contributed by atoms with E-state index < -0.39 is 18.3 Å². The van der Waals surface area contributed by atoms with E-state index in [2.05, 4.69) is 0 Å². The minimum atomic E-state index is -0.576. The molecule has 0 amide bonds. The maximum Gasteiger partial charge on any atom is 0.112 e. The molecule has 4 heteroatoms. The maximum absolute atomic E-state index is 10.0. The highest BCUT2D eigenvalue weighted by molar-refractivity contribution is 4.89. The second-order valence-corrected chi connectivity index (χ2v) is 4.56. The molecule has 2 N–H and O–H groups in total. The first-order chi connectivity index (χ1) is 6.97. The predicted octanol–water partition coefficient (Wildman–Crippen LogP) is 0.557. The molecule has 1 aliphatic heterocycles. The minimum Gasteiger partial charge on any atom is -0.394 e. The molecule has 0 aromatic rings. The Hall–Kier alpha value is -0.160. The van der Waals surface area contributed by atoms with Crippen LogP contribution in [0.3, 0.4) is 0 Å². The fourth-order valence-electron chi connectivity index (χ4n) is 1.90. The lowest BCUT2D eigenvalue weighted by Crippen LogP contribution is -2.55. The second-order valence-electron chi connectivity index (χ2n) is 4.56. The highest BCUT2D eigenvalue weighted by atomic mass is 16.6. The van der Waals surface area contributed by atoms with Gasteiger partial charge in [-0.25, -0.2) is 0 Å². The average Bonchev–Trinajstić information content (AvgIpc) is 2.18. The summed E-state index contributed by atoms with van der Waals surface area (Å²) in [7, 11) is 0. The van der Waals surface area contributed by atoms with Crippen molar-refractivity contribution in [1.29, 1.82) is 0 Å². The van der Waals surface area contributed by atoms with E-state index in [4.69, 9.17) is 9.47 Å². The van der Waals surface area contributed by atoms with E-state index in [0.29, 0.717) is 0 Å². The van der Waals surface area contributed by atoms with Gasteiger partial charge in [0.15, 0.2) is 0 Å². The van der Waals surface area contributed by atoms with Crippen LogP contribution in [-0.4, -0.2) is 47.3 Å². The standard InChI is InChI=1S/C11H22O4/c1-6(2)14-11-9(5-12)15-8(4)7(3)10(11)13/h6-13H,5H2,1-4H3/t7?,8-,9?,10+,11+/m0/s1. The van der Waals surface area contributed by atoms with Gasteiger partial charge in [0.25, 0.3) is 0 Å². The van der Waals surface area contributed by atoms with E-state index in [-0.39, 0.29) is 24.7 Å². The highest BCUT2D eigenvalue weighted by Crippen LogP contribution is 2.28. The summed E-state index contributed by atoms with van der Waals surface area (Å²) in [5.41, 5.74) is 0. The van der Waals surface area contributed by atoms with Crippen molar-refractivity contribution in [3.05, 3.63) is 0 Å². The number of hydrogen-bond acceptors (Lipinski definition) is 4. The molecule has 15 heavy (non-hydrogen) atoms. The third kappa shape index (κ3) is 2.91. The Morgan fingerprint density at radius 3 is 2.40 bits per heavy atom. The minimum absolute atomic E-state index is 0.0166. The van der Waals surface area contributed by atoms with E-state index in [1.165, 1.54) is 0 Å². The van der Waals surface area contributed by atoms with Gasteiger partial charge in [-0.1, -0.05) is 6.92 Å². The van der Waals surface area contributed by atoms with Gasteiger partial charge >= 0.3 is 0 Å². The van der Waals surface area contributed by atoms with Crippen molar-refractivity contribution in [3.63, 3.8) is 0 Å². The molecule has 4 nitrogen and oxygen atoms in total. The van der Waals surface area contributed by atoms with Crippen molar-refractivity contribution in [2.75, 3.05) is 6.61 Å². The van der Waals surface area contributed by atoms with Crippen molar-refractivity contribution in [3.8, 4) is 0 Å². The van der Waals surface area contributed by atoms with Crippen molar-refractivity contribution in [1.82, 2.24) is 0 Å². The smallest absolute Gasteiger partial charge is 0.112 e. The Kier molecular flexibility index (Phi) is 4.52. The summed E-state index contributed by atoms with van der Waals surface area (Å²) < 4.78 is 11.2. The van der Waals surface area contributed by atoms with Crippen LogP contribution < -0.4 is 0 Å². The van der Waals surface area contributed by atoms with E-state index >= 15 is 0 Å². The zero-order chi connectivity index (χ0) is 11.6. The topological polar surface area (TPSA) is 58.9 Å². The van der Waals surface area contributed by atoms with Crippen LogP contribution in [0.15, 0.2) is 0 Å². The fourth-order valence-corrected chi connectivity index (χ4v) is 1.90. The van der Waals surface area contributed by atoms with Crippen LogP contribution in [0.2, 0.25) is 0 Å². The summed E-state index contributed by atoms with van der Waals surface area (Å²) in [4.78, 5) is 0. The first kappa shape index (κ1) is 12.9. The third-order valence-electron chi connectivity index (χ3n) is 2.98. The molecule has 0 radical (unpaired) electrons. The van der Waals surface area contributed by atoms with E-state index in [9.17, 15) is 10.2 Å². The van der Waals surface area contributed by atoms with Gasteiger partial charge in [-0.15, -0.1) is 0 Å². The SMILES string of the molecule is CC(C)O[C@@H]1C(CO)O[C@@H](C)C(C)[C@H]1O. The zero-order valence-corrected chi connectivity index (χ0v) is 9.88. The Morgan fingerprint density at radius 2 is 1.93 bits per heavy atom. The van der Waals surface area contributed by atoms with Gasteiger partial charge < -0.3 is 19.7 Å². The van der Waals surface area contributed by atoms with E-state index in [0.717, 1.165) is 0 Å². The fraction of sp³-hybridized carbons (Fsp3) is 1.00. The summed E-state index contributed by atoms with van der Waals surface area (Å²) in [6.07, 6.45) is -1.46. The van der Waals surface area contributed by atoms with Crippen LogP contribution in [0.5, 0.6) is 0 Å². The van der Waals surface area contributed by atoms with Crippen molar-refractivity contribution < 1.29 is 19.7 Å². The lowest BCUT2D eigenvalue weighted by atomic mass is 9.89. The Bertz CT molecular complexity index is 193. The van der Waals surface area contributed by atoms with Gasteiger partial charge in [-0.3, -0.25) is 0 Å². The molecule has 0 spiro atoms. The Balaban J connectivity index is 2.70. The van der Waals surface area contributed by atoms with Gasteiger partial charge in [0, 0.05) is 5.92 Å². The molecular weight excluding hydrogens is 196 g/mol. The first-order valence-electron chi connectivity index (χ1n) is 5.57. The molecule has 0 aliphatic carbocycles. The summed E-state index contributed by atoms with van der Waals surface area (Å²) in [6, 6.07) is 0. The second kappa shape index (κ2) is 5.25. The molecule has 1 rings (SSSR count). The molecule has 1 aliphatic rings. The van der Waals surface area contributed by atoms with Crippen LogP contribution in [0.1, 0.15) is 27.7 Å². The zero-order valence-electron chi connectivity index (χ0n) is 9.88. The molecule has 1 fully saturated rings. The lowest BCUT2D eigenvalue weighted by molar-refractivity contribution is -0.225. The summed E-state index contributed by atoms with van der Waals surface area (Å²) in [5, 5.41) is 19.2. The van der Waals surface area contributed by atoms with Gasteiger partial charge in [0.1, 0.15) is 12.2 Å². The molecule has 5 atom stereocenters. The quantitative estimate of drug-likeness (QED) is 0.726. The molecule has 0 aromatic heterocycles. The molecule has 1 heterocycles. The van der Waals surface area contributed by atoms with Gasteiger partial charge in [-0.05, 0) is 20.8 Å². The number of aliphatic hydroxyl groups is 2. The average molecular weight is 218 g/mol.